The van der Waals surface area contributed by atoms with Crippen molar-refractivity contribution in [2.24, 2.45) is 5.73 Å². The molecule has 0 fully saturated rings. The van der Waals surface area contributed by atoms with Crippen LogP contribution in [0.25, 0.3) is 6.08 Å². The molecule has 2 rings (SSSR count). The van der Waals surface area contributed by atoms with Gasteiger partial charge >= 0.3 is 0 Å². The highest BCUT2D eigenvalue weighted by molar-refractivity contribution is 7.92. The zero-order valence-electron chi connectivity index (χ0n) is 15.7. The fourth-order valence-corrected chi connectivity index (χ4v) is 3.27. The number of benzene rings is 2. The smallest absolute Gasteiger partial charge is 0.245 e. The number of anilines is 1. The predicted molar refractivity (Wildman–Crippen MR) is 106 cm³/mol. The van der Waals surface area contributed by atoms with Crippen LogP contribution in [0.1, 0.15) is 35.1 Å². The SMILES string of the molecule is Cc1ccc(C=C(C(N)=O)C(C)c2ccc(NS(C)(=O)=O)c(F)c2)cc1C. The summed E-state index contributed by atoms with van der Waals surface area (Å²) in [5, 5.41) is 0. The van der Waals surface area contributed by atoms with E-state index in [1.165, 1.54) is 12.1 Å². The summed E-state index contributed by atoms with van der Waals surface area (Å²) in [6.45, 7) is 5.72. The number of carbonyl (C=O) groups excluding carboxylic acids is 1. The van der Waals surface area contributed by atoms with Crippen molar-refractivity contribution in [2.45, 2.75) is 26.7 Å². The molecule has 0 spiro atoms. The molecule has 1 unspecified atom stereocenters. The lowest BCUT2D eigenvalue weighted by atomic mass is 9.90. The van der Waals surface area contributed by atoms with Gasteiger partial charge in [0.15, 0.2) is 0 Å². The van der Waals surface area contributed by atoms with Gasteiger partial charge in [0.2, 0.25) is 15.9 Å². The third-order valence-electron chi connectivity index (χ3n) is 4.39. The molecular weight excluding hydrogens is 367 g/mol. The first kappa shape index (κ1) is 20.6. The van der Waals surface area contributed by atoms with E-state index in [-0.39, 0.29) is 5.69 Å². The Balaban J connectivity index is 2.40. The molecule has 2 aromatic rings. The zero-order chi connectivity index (χ0) is 20.4. The van der Waals surface area contributed by atoms with Crippen LogP contribution in [0.2, 0.25) is 0 Å². The van der Waals surface area contributed by atoms with Gasteiger partial charge in [-0.1, -0.05) is 31.2 Å². The minimum absolute atomic E-state index is 0.146. The highest BCUT2D eigenvalue weighted by atomic mass is 32.2. The van der Waals surface area contributed by atoms with Crippen molar-refractivity contribution >= 4 is 27.7 Å². The minimum atomic E-state index is -3.59. The molecule has 0 bridgehead atoms. The molecule has 2 aromatic carbocycles. The van der Waals surface area contributed by atoms with Crippen LogP contribution in [0.5, 0.6) is 0 Å². The molecule has 5 nitrogen and oxygen atoms in total. The average Bonchev–Trinajstić information content (AvgIpc) is 2.55. The monoisotopic (exact) mass is 390 g/mol. The normalized spacial score (nSPS) is 13.3. The summed E-state index contributed by atoms with van der Waals surface area (Å²) in [6, 6.07) is 9.89. The van der Waals surface area contributed by atoms with Crippen molar-refractivity contribution in [3.05, 3.63) is 70.0 Å². The second kappa shape index (κ2) is 7.92. The second-order valence-electron chi connectivity index (χ2n) is 6.64. The number of sulfonamides is 1. The highest BCUT2D eigenvalue weighted by Gasteiger charge is 2.18. The summed E-state index contributed by atoms with van der Waals surface area (Å²) in [7, 11) is -3.59. The lowest BCUT2D eigenvalue weighted by Crippen LogP contribution is -2.18. The van der Waals surface area contributed by atoms with Crippen molar-refractivity contribution < 1.29 is 17.6 Å². The maximum Gasteiger partial charge on any atom is 0.245 e. The molecule has 0 aliphatic heterocycles. The van der Waals surface area contributed by atoms with Gasteiger partial charge in [0, 0.05) is 11.5 Å². The van der Waals surface area contributed by atoms with Gasteiger partial charge in [0.25, 0.3) is 0 Å². The molecule has 27 heavy (non-hydrogen) atoms. The van der Waals surface area contributed by atoms with E-state index in [1.54, 1.807) is 19.1 Å². The van der Waals surface area contributed by atoms with Crippen LogP contribution in [0, 0.1) is 19.7 Å². The van der Waals surface area contributed by atoms with Crippen LogP contribution in [0.4, 0.5) is 10.1 Å². The van der Waals surface area contributed by atoms with Crippen LogP contribution in [-0.4, -0.2) is 20.6 Å². The Morgan fingerprint density at radius 3 is 2.33 bits per heavy atom. The molecule has 0 saturated heterocycles. The molecule has 3 N–H and O–H groups in total. The van der Waals surface area contributed by atoms with Crippen LogP contribution in [-0.2, 0) is 14.8 Å². The van der Waals surface area contributed by atoms with Gasteiger partial charge in [-0.15, -0.1) is 0 Å². The molecule has 0 aromatic heterocycles. The number of rotatable bonds is 6. The van der Waals surface area contributed by atoms with E-state index in [0.29, 0.717) is 11.1 Å². The lowest BCUT2D eigenvalue weighted by Gasteiger charge is -2.16. The number of amides is 1. The number of aryl methyl sites for hydroxylation is 2. The largest absolute Gasteiger partial charge is 0.366 e. The maximum absolute atomic E-state index is 14.3. The third-order valence-corrected chi connectivity index (χ3v) is 4.98. The molecule has 1 atom stereocenters. The van der Waals surface area contributed by atoms with Crippen molar-refractivity contribution in [1.82, 2.24) is 0 Å². The Kier molecular flexibility index (Phi) is 6.05. The number of carbonyl (C=O) groups is 1. The molecule has 0 radical (unpaired) electrons. The Labute approximate surface area is 159 Å². The van der Waals surface area contributed by atoms with Crippen LogP contribution < -0.4 is 10.5 Å². The van der Waals surface area contributed by atoms with E-state index in [9.17, 15) is 17.6 Å². The summed E-state index contributed by atoms with van der Waals surface area (Å²) in [6.07, 6.45) is 2.64. The van der Waals surface area contributed by atoms with Crippen LogP contribution in [0.15, 0.2) is 42.0 Å². The Morgan fingerprint density at radius 1 is 1.15 bits per heavy atom. The van der Waals surface area contributed by atoms with Crippen LogP contribution >= 0.6 is 0 Å². The van der Waals surface area contributed by atoms with Crippen molar-refractivity contribution in [3.63, 3.8) is 0 Å². The van der Waals surface area contributed by atoms with Gasteiger partial charge in [-0.3, -0.25) is 9.52 Å². The highest BCUT2D eigenvalue weighted by Crippen LogP contribution is 2.29. The fraction of sp³-hybridized carbons (Fsp3) is 0.250. The molecule has 7 heteroatoms. The number of halogens is 1. The fourth-order valence-electron chi connectivity index (χ4n) is 2.71. The molecule has 0 saturated carbocycles. The summed E-state index contributed by atoms with van der Waals surface area (Å²) in [5.41, 5.74) is 9.30. The zero-order valence-corrected chi connectivity index (χ0v) is 16.5. The molecule has 0 aliphatic carbocycles. The van der Waals surface area contributed by atoms with Gasteiger partial charge in [0.05, 0.1) is 11.9 Å². The van der Waals surface area contributed by atoms with E-state index in [0.717, 1.165) is 22.9 Å². The Hall–Kier alpha value is -2.67. The van der Waals surface area contributed by atoms with Gasteiger partial charge < -0.3 is 5.73 Å². The molecular formula is C20H23FN2O3S. The van der Waals surface area contributed by atoms with E-state index in [1.807, 2.05) is 32.0 Å². The van der Waals surface area contributed by atoms with E-state index in [4.69, 9.17) is 5.73 Å². The summed E-state index contributed by atoms with van der Waals surface area (Å²) >= 11 is 0. The average molecular weight is 390 g/mol. The molecule has 0 heterocycles. The first-order valence-corrected chi connectivity index (χ1v) is 10.2. The first-order chi connectivity index (χ1) is 12.5. The van der Waals surface area contributed by atoms with Crippen LogP contribution in [0.3, 0.4) is 0 Å². The van der Waals surface area contributed by atoms with Crippen molar-refractivity contribution in [2.75, 3.05) is 11.0 Å². The topological polar surface area (TPSA) is 89.3 Å². The van der Waals surface area contributed by atoms with Crippen molar-refractivity contribution in [3.8, 4) is 0 Å². The number of hydrogen-bond donors (Lipinski definition) is 2. The maximum atomic E-state index is 14.3. The quantitative estimate of drug-likeness (QED) is 0.740. The van der Waals surface area contributed by atoms with Crippen molar-refractivity contribution in [1.29, 1.82) is 0 Å². The van der Waals surface area contributed by atoms with E-state index in [2.05, 4.69) is 4.72 Å². The Bertz CT molecular complexity index is 1010. The van der Waals surface area contributed by atoms with E-state index < -0.39 is 27.7 Å². The van der Waals surface area contributed by atoms with E-state index >= 15 is 0 Å². The minimum Gasteiger partial charge on any atom is -0.366 e. The standard InChI is InChI=1S/C20H23FN2O3S/c1-12-5-6-15(9-13(12)2)10-17(20(22)24)14(3)16-7-8-19(18(21)11-16)23-27(4,25)26/h5-11,14,23H,1-4H3,(H2,22,24). The van der Waals surface area contributed by atoms with Gasteiger partial charge in [-0.25, -0.2) is 12.8 Å². The number of hydrogen-bond acceptors (Lipinski definition) is 3. The molecule has 144 valence electrons. The lowest BCUT2D eigenvalue weighted by molar-refractivity contribution is -0.114. The molecule has 1 amide bonds. The number of primary amides is 1. The number of nitrogens with one attached hydrogen (secondary N) is 1. The van der Waals surface area contributed by atoms with Gasteiger partial charge in [-0.05, 0) is 54.3 Å². The summed E-state index contributed by atoms with van der Waals surface area (Å²) in [5.74, 6) is -1.79. The molecule has 0 aliphatic rings. The summed E-state index contributed by atoms with van der Waals surface area (Å²) in [4.78, 5) is 12.0. The third kappa shape index (κ3) is 5.40. The summed E-state index contributed by atoms with van der Waals surface area (Å²) < 4.78 is 38.9. The second-order valence-corrected chi connectivity index (χ2v) is 8.39. The predicted octanol–water partition coefficient (Wildman–Crippen LogP) is 3.49. The first-order valence-electron chi connectivity index (χ1n) is 8.34. The Morgan fingerprint density at radius 2 is 1.81 bits per heavy atom. The van der Waals surface area contributed by atoms with Gasteiger partial charge in [-0.2, -0.15) is 0 Å². The van der Waals surface area contributed by atoms with Gasteiger partial charge in [0.1, 0.15) is 5.82 Å². The number of nitrogens with two attached hydrogens (primary N) is 1.